The minimum atomic E-state index is 0. The van der Waals surface area contributed by atoms with Crippen molar-refractivity contribution in [3.05, 3.63) is 18.3 Å². The average Bonchev–Trinajstić information content (AvgIpc) is 2.57. The quantitative estimate of drug-likeness (QED) is 0.848. The molecular formula is C17H28Cl2N4O. The van der Waals surface area contributed by atoms with Gasteiger partial charge in [0.2, 0.25) is 5.91 Å². The van der Waals surface area contributed by atoms with E-state index in [1.54, 1.807) is 6.20 Å². The summed E-state index contributed by atoms with van der Waals surface area (Å²) in [4.78, 5) is 18.9. The third kappa shape index (κ3) is 6.11. The van der Waals surface area contributed by atoms with Crippen LogP contribution in [0.3, 0.4) is 0 Å². The molecule has 0 bridgehead atoms. The zero-order valence-electron chi connectivity index (χ0n) is 14.0. The van der Waals surface area contributed by atoms with E-state index < -0.39 is 0 Å². The molecule has 1 aromatic heterocycles. The van der Waals surface area contributed by atoms with Gasteiger partial charge in [0.25, 0.3) is 0 Å². The number of carbonyl (C=O) groups is 1. The van der Waals surface area contributed by atoms with E-state index in [0.717, 1.165) is 50.5 Å². The van der Waals surface area contributed by atoms with Crippen molar-refractivity contribution in [3.8, 4) is 0 Å². The van der Waals surface area contributed by atoms with E-state index in [-0.39, 0.29) is 30.7 Å². The maximum absolute atomic E-state index is 12.1. The van der Waals surface area contributed by atoms with Gasteiger partial charge in [-0.15, -0.1) is 24.8 Å². The molecule has 1 aromatic rings. The van der Waals surface area contributed by atoms with Gasteiger partial charge in [-0.2, -0.15) is 0 Å². The van der Waals surface area contributed by atoms with Gasteiger partial charge in [-0.3, -0.25) is 4.79 Å². The normalized spacial score (nSPS) is 18.2. The highest BCUT2D eigenvalue weighted by Gasteiger charge is 2.17. The smallest absolute Gasteiger partial charge is 0.224 e. The van der Waals surface area contributed by atoms with Crippen LogP contribution in [-0.4, -0.2) is 37.1 Å². The standard InChI is InChI=1S/C17H26N4O.2ClH/c22-17(12-14-6-8-18-9-7-14)20-15-4-5-16(19-13-15)21-10-2-1-3-11-21;;/h4-5,13-14,18H,1-3,6-12H2,(H,20,22);2*1H. The molecule has 0 saturated carbocycles. The van der Waals surface area contributed by atoms with Crippen LogP contribution in [0.5, 0.6) is 0 Å². The number of anilines is 2. The Labute approximate surface area is 156 Å². The maximum Gasteiger partial charge on any atom is 0.224 e. The molecule has 0 aromatic carbocycles. The Kier molecular flexibility index (Phi) is 9.41. The van der Waals surface area contributed by atoms with Gasteiger partial charge in [-0.1, -0.05) is 0 Å². The fourth-order valence-corrected chi connectivity index (χ4v) is 3.33. The number of hydrogen-bond donors (Lipinski definition) is 2. The molecule has 0 aliphatic carbocycles. The summed E-state index contributed by atoms with van der Waals surface area (Å²) in [6, 6.07) is 3.99. The molecule has 3 rings (SSSR count). The van der Waals surface area contributed by atoms with Crippen LogP contribution in [0.1, 0.15) is 38.5 Å². The third-order valence-corrected chi connectivity index (χ3v) is 4.64. The van der Waals surface area contributed by atoms with Crippen LogP contribution < -0.4 is 15.5 Å². The number of nitrogens with zero attached hydrogens (tertiary/aromatic N) is 2. The summed E-state index contributed by atoms with van der Waals surface area (Å²) >= 11 is 0. The highest BCUT2D eigenvalue weighted by atomic mass is 35.5. The molecule has 7 heteroatoms. The first-order valence-corrected chi connectivity index (χ1v) is 8.53. The molecule has 136 valence electrons. The molecule has 5 nitrogen and oxygen atoms in total. The van der Waals surface area contributed by atoms with Crippen molar-refractivity contribution in [3.63, 3.8) is 0 Å². The number of rotatable bonds is 4. The number of halogens is 2. The Morgan fingerprint density at radius 3 is 2.50 bits per heavy atom. The molecule has 2 fully saturated rings. The predicted molar refractivity (Wildman–Crippen MR) is 104 cm³/mol. The minimum absolute atomic E-state index is 0. The summed E-state index contributed by atoms with van der Waals surface area (Å²) in [5.74, 6) is 1.65. The summed E-state index contributed by atoms with van der Waals surface area (Å²) in [6.45, 7) is 4.25. The minimum Gasteiger partial charge on any atom is -0.357 e. The Hall–Kier alpha value is -1.04. The molecule has 24 heavy (non-hydrogen) atoms. The number of aromatic nitrogens is 1. The molecule has 3 heterocycles. The molecule has 0 spiro atoms. The molecule has 0 radical (unpaired) electrons. The first-order valence-electron chi connectivity index (χ1n) is 8.53. The van der Waals surface area contributed by atoms with Crippen LogP contribution in [0, 0.1) is 5.92 Å². The lowest BCUT2D eigenvalue weighted by molar-refractivity contribution is -0.117. The molecule has 0 unspecified atom stereocenters. The van der Waals surface area contributed by atoms with Crippen molar-refractivity contribution in [2.24, 2.45) is 5.92 Å². The van der Waals surface area contributed by atoms with Crippen LogP contribution in [0.4, 0.5) is 11.5 Å². The van der Waals surface area contributed by atoms with E-state index in [2.05, 4.69) is 20.5 Å². The highest BCUT2D eigenvalue weighted by Crippen LogP contribution is 2.20. The lowest BCUT2D eigenvalue weighted by atomic mass is 9.94. The van der Waals surface area contributed by atoms with Gasteiger partial charge in [-0.05, 0) is 63.2 Å². The second-order valence-corrected chi connectivity index (χ2v) is 6.40. The average molecular weight is 375 g/mol. The predicted octanol–water partition coefficient (Wildman–Crippen LogP) is 3.24. The van der Waals surface area contributed by atoms with Crippen LogP contribution in [0.15, 0.2) is 18.3 Å². The molecule has 0 atom stereocenters. The van der Waals surface area contributed by atoms with Crippen molar-refractivity contribution in [1.82, 2.24) is 10.3 Å². The van der Waals surface area contributed by atoms with E-state index in [4.69, 9.17) is 0 Å². The maximum atomic E-state index is 12.1. The fourth-order valence-electron chi connectivity index (χ4n) is 3.33. The van der Waals surface area contributed by atoms with Crippen LogP contribution in [-0.2, 0) is 4.79 Å². The molecule has 2 aliphatic heterocycles. The lowest BCUT2D eigenvalue weighted by Gasteiger charge is -2.27. The van der Waals surface area contributed by atoms with Gasteiger partial charge in [0.1, 0.15) is 5.82 Å². The van der Waals surface area contributed by atoms with E-state index in [1.165, 1.54) is 19.3 Å². The number of piperidine rings is 2. The first kappa shape index (κ1) is 21.0. The van der Waals surface area contributed by atoms with Crippen molar-refractivity contribution in [1.29, 1.82) is 0 Å². The fraction of sp³-hybridized carbons (Fsp3) is 0.647. The van der Waals surface area contributed by atoms with Crippen LogP contribution in [0.2, 0.25) is 0 Å². The molecular weight excluding hydrogens is 347 g/mol. The number of carbonyl (C=O) groups excluding carboxylic acids is 1. The van der Waals surface area contributed by atoms with Crippen LogP contribution >= 0.6 is 24.8 Å². The van der Waals surface area contributed by atoms with E-state index >= 15 is 0 Å². The van der Waals surface area contributed by atoms with Gasteiger partial charge in [0, 0.05) is 19.5 Å². The van der Waals surface area contributed by atoms with Crippen molar-refractivity contribution >= 4 is 42.2 Å². The summed E-state index contributed by atoms with van der Waals surface area (Å²) in [6.07, 6.45) is 8.41. The van der Waals surface area contributed by atoms with Gasteiger partial charge in [0.15, 0.2) is 0 Å². The van der Waals surface area contributed by atoms with Crippen molar-refractivity contribution in [2.45, 2.75) is 38.5 Å². The van der Waals surface area contributed by atoms with E-state index in [9.17, 15) is 4.79 Å². The number of pyridine rings is 1. The van der Waals surface area contributed by atoms with Gasteiger partial charge < -0.3 is 15.5 Å². The summed E-state index contributed by atoms with van der Waals surface area (Å²) < 4.78 is 0. The zero-order valence-corrected chi connectivity index (χ0v) is 15.6. The number of hydrogen-bond acceptors (Lipinski definition) is 4. The SMILES string of the molecule is Cl.Cl.O=C(CC1CCNCC1)Nc1ccc(N2CCCCC2)nc1. The van der Waals surface area contributed by atoms with Crippen molar-refractivity contribution in [2.75, 3.05) is 36.4 Å². The van der Waals surface area contributed by atoms with Crippen molar-refractivity contribution < 1.29 is 4.79 Å². The molecule has 1 amide bonds. The molecule has 2 N–H and O–H groups in total. The summed E-state index contributed by atoms with van der Waals surface area (Å²) in [5.41, 5.74) is 0.805. The Balaban J connectivity index is 0.00000144. The summed E-state index contributed by atoms with van der Waals surface area (Å²) in [7, 11) is 0. The third-order valence-electron chi connectivity index (χ3n) is 4.64. The molecule has 2 saturated heterocycles. The van der Waals surface area contributed by atoms with Crippen LogP contribution in [0.25, 0.3) is 0 Å². The monoisotopic (exact) mass is 374 g/mol. The lowest BCUT2D eigenvalue weighted by Crippen LogP contribution is -2.30. The number of nitrogens with one attached hydrogen (secondary N) is 2. The topological polar surface area (TPSA) is 57.3 Å². The van der Waals surface area contributed by atoms with Gasteiger partial charge in [-0.25, -0.2) is 4.98 Å². The van der Waals surface area contributed by atoms with E-state index in [0.29, 0.717) is 12.3 Å². The Bertz CT molecular complexity index is 486. The van der Waals surface area contributed by atoms with E-state index in [1.807, 2.05) is 12.1 Å². The second-order valence-electron chi connectivity index (χ2n) is 6.40. The highest BCUT2D eigenvalue weighted by molar-refractivity contribution is 5.90. The Morgan fingerprint density at radius 1 is 1.17 bits per heavy atom. The van der Waals surface area contributed by atoms with Gasteiger partial charge >= 0.3 is 0 Å². The number of amides is 1. The first-order chi connectivity index (χ1) is 10.8. The molecule has 2 aliphatic rings. The van der Waals surface area contributed by atoms with Gasteiger partial charge in [0.05, 0.1) is 11.9 Å². The second kappa shape index (κ2) is 10.7. The largest absolute Gasteiger partial charge is 0.357 e. The Morgan fingerprint density at radius 2 is 1.88 bits per heavy atom. The summed E-state index contributed by atoms with van der Waals surface area (Å²) in [5, 5.41) is 6.31. The zero-order chi connectivity index (χ0) is 15.2.